The highest BCUT2D eigenvalue weighted by Crippen LogP contribution is 2.25. The molecule has 1 aromatic heterocycles. The van der Waals surface area contributed by atoms with Crippen LogP contribution in [-0.4, -0.2) is 24.6 Å². The number of nitrogens with one attached hydrogen (secondary N) is 1. The molecule has 19 heavy (non-hydrogen) atoms. The summed E-state index contributed by atoms with van der Waals surface area (Å²) in [5.41, 5.74) is 1.32. The van der Waals surface area contributed by atoms with Crippen LogP contribution in [0.1, 0.15) is 46.0 Å². The molecule has 0 radical (unpaired) electrons. The lowest BCUT2D eigenvalue weighted by Crippen LogP contribution is -2.24. The van der Waals surface area contributed by atoms with Gasteiger partial charge >= 0.3 is 0 Å². The van der Waals surface area contributed by atoms with E-state index in [1.165, 1.54) is 44.5 Å². The van der Waals surface area contributed by atoms with Gasteiger partial charge < -0.3 is 10.2 Å². The van der Waals surface area contributed by atoms with Crippen molar-refractivity contribution in [3.05, 3.63) is 18.3 Å². The van der Waals surface area contributed by atoms with Crippen LogP contribution in [0.15, 0.2) is 18.3 Å². The van der Waals surface area contributed by atoms with Crippen LogP contribution in [-0.2, 0) is 0 Å². The fourth-order valence-corrected chi connectivity index (χ4v) is 2.80. The Morgan fingerprint density at radius 3 is 3.00 bits per heavy atom. The van der Waals surface area contributed by atoms with Crippen molar-refractivity contribution in [3.8, 4) is 0 Å². The van der Waals surface area contributed by atoms with E-state index in [1.807, 2.05) is 6.20 Å². The summed E-state index contributed by atoms with van der Waals surface area (Å²) < 4.78 is 0. The molecule has 0 spiro atoms. The highest BCUT2D eigenvalue weighted by atomic mass is 15.1. The molecule has 2 rings (SSSR count). The SMILES string of the molecule is CCCNc1cc(N2CCCC(CC)CC2)ccn1. The third kappa shape index (κ3) is 4.12. The molecule has 0 saturated carbocycles. The zero-order valence-corrected chi connectivity index (χ0v) is 12.4. The van der Waals surface area contributed by atoms with Crippen molar-refractivity contribution in [3.63, 3.8) is 0 Å². The third-order valence-corrected chi connectivity index (χ3v) is 4.09. The second-order valence-electron chi connectivity index (χ2n) is 5.52. The Labute approximate surface area is 117 Å². The van der Waals surface area contributed by atoms with E-state index in [0.717, 1.165) is 24.7 Å². The van der Waals surface area contributed by atoms with Crippen molar-refractivity contribution < 1.29 is 0 Å². The van der Waals surface area contributed by atoms with Gasteiger partial charge in [-0.1, -0.05) is 20.3 Å². The lowest BCUT2D eigenvalue weighted by molar-refractivity contribution is 0.459. The monoisotopic (exact) mass is 261 g/mol. The summed E-state index contributed by atoms with van der Waals surface area (Å²) >= 11 is 0. The third-order valence-electron chi connectivity index (χ3n) is 4.09. The van der Waals surface area contributed by atoms with Crippen molar-refractivity contribution in [2.75, 3.05) is 29.9 Å². The van der Waals surface area contributed by atoms with Crippen LogP contribution in [0, 0.1) is 5.92 Å². The van der Waals surface area contributed by atoms with Gasteiger partial charge in [-0.05, 0) is 37.7 Å². The molecule has 1 aromatic rings. The second kappa shape index (κ2) is 7.37. The summed E-state index contributed by atoms with van der Waals surface area (Å²) in [6.45, 7) is 7.87. The molecule has 3 heteroatoms. The summed E-state index contributed by atoms with van der Waals surface area (Å²) in [6, 6.07) is 4.34. The molecular formula is C16H27N3. The summed E-state index contributed by atoms with van der Waals surface area (Å²) in [4.78, 5) is 6.91. The van der Waals surface area contributed by atoms with Gasteiger partial charge in [-0.2, -0.15) is 0 Å². The van der Waals surface area contributed by atoms with Gasteiger partial charge in [0.1, 0.15) is 5.82 Å². The van der Waals surface area contributed by atoms with Gasteiger partial charge in [-0.15, -0.1) is 0 Å². The maximum absolute atomic E-state index is 4.39. The normalized spacial score (nSPS) is 20.1. The lowest BCUT2D eigenvalue weighted by Gasteiger charge is -2.23. The van der Waals surface area contributed by atoms with Crippen molar-refractivity contribution in [2.45, 2.75) is 46.0 Å². The molecule has 1 aliphatic heterocycles. The molecule has 0 amide bonds. The maximum atomic E-state index is 4.39. The molecule has 1 fully saturated rings. The van der Waals surface area contributed by atoms with E-state index in [9.17, 15) is 0 Å². The number of nitrogens with zero attached hydrogens (tertiary/aromatic N) is 2. The van der Waals surface area contributed by atoms with Gasteiger partial charge in [-0.3, -0.25) is 0 Å². The Hall–Kier alpha value is -1.25. The fraction of sp³-hybridized carbons (Fsp3) is 0.688. The lowest BCUT2D eigenvalue weighted by atomic mass is 9.98. The minimum absolute atomic E-state index is 0.921. The van der Waals surface area contributed by atoms with E-state index in [1.54, 1.807) is 0 Å². The topological polar surface area (TPSA) is 28.2 Å². The number of aromatic nitrogens is 1. The maximum Gasteiger partial charge on any atom is 0.127 e. The number of pyridine rings is 1. The van der Waals surface area contributed by atoms with Crippen LogP contribution >= 0.6 is 0 Å². The van der Waals surface area contributed by atoms with Crippen LogP contribution in [0.4, 0.5) is 11.5 Å². The van der Waals surface area contributed by atoms with E-state index < -0.39 is 0 Å². The highest BCUT2D eigenvalue weighted by molar-refractivity contribution is 5.53. The molecule has 0 aromatic carbocycles. The van der Waals surface area contributed by atoms with Gasteiger partial charge in [0.2, 0.25) is 0 Å². The molecule has 1 aliphatic rings. The number of hydrogen-bond donors (Lipinski definition) is 1. The Morgan fingerprint density at radius 1 is 1.32 bits per heavy atom. The molecule has 106 valence electrons. The van der Waals surface area contributed by atoms with Crippen molar-refractivity contribution in [1.82, 2.24) is 4.98 Å². The summed E-state index contributed by atoms with van der Waals surface area (Å²) in [7, 11) is 0. The molecule has 1 N–H and O–H groups in total. The van der Waals surface area contributed by atoms with Gasteiger partial charge in [0.05, 0.1) is 0 Å². The first-order valence-electron chi connectivity index (χ1n) is 7.78. The minimum atomic E-state index is 0.921. The zero-order chi connectivity index (χ0) is 13.5. The highest BCUT2D eigenvalue weighted by Gasteiger charge is 2.16. The first kappa shape index (κ1) is 14.2. The van der Waals surface area contributed by atoms with E-state index in [2.05, 4.69) is 41.2 Å². The van der Waals surface area contributed by atoms with E-state index in [-0.39, 0.29) is 0 Å². The Balaban J connectivity index is 2.00. The Kier molecular flexibility index (Phi) is 5.49. The van der Waals surface area contributed by atoms with Crippen molar-refractivity contribution in [2.24, 2.45) is 5.92 Å². The van der Waals surface area contributed by atoms with Gasteiger partial charge in [0.25, 0.3) is 0 Å². The van der Waals surface area contributed by atoms with Crippen molar-refractivity contribution >= 4 is 11.5 Å². The summed E-state index contributed by atoms with van der Waals surface area (Å²) in [5, 5.41) is 3.37. The smallest absolute Gasteiger partial charge is 0.127 e. The first-order valence-corrected chi connectivity index (χ1v) is 7.78. The molecule has 1 atom stereocenters. The molecule has 2 heterocycles. The van der Waals surface area contributed by atoms with Crippen LogP contribution in [0.3, 0.4) is 0 Å². The van der Waals surface area contributed by atoms with E-state index >= 15 is 0 Å². The number of rotatable bonds is 5. The predicted octanol–water partition coefficient (Wildman–Crippen LogP) is 3.92. The average Bonchev–Trinajstić information content (AvgIpc) is 2.71. The van der Waals surface area contributed by atoms with Crippen LogP contribution in [0.5, 0.6) is 0 Å². The molecule has 3 nitrogen and oxygen atoms in total. The summed E-state index contributed by atoms with van der Waals surface area (Å²) in [5.74, 6) is 1.93. The quantitative estimate of drug-likeness (QED) is 0.870. The standard InChI is InChI=1S/C16H27N3/c1-3-9-17-16-13-15(7-10-18-16)19-11-5-6-14(4-2)8-12-19/h7,10,13-14H,3-6,8-9,11-12H2,1-2H3,(H,17,18). The molecular weight excluding hydrogens is 234 g/mol. The fourth-order valence-electron chi connectivity index (χ4n) is 2.80. The molecule has 1 unspecified atom stereocenters. The molecule has 0 bridgehead atoms. The predicted molar refractivity (Wildman–Crippen MR) is 82.9 cm³/mol. The van der Waals surface area contributed by atoms with Crippen LogP contribution in [0.25, 0.3) is 0 Å². The van der Waals surface area contributed by atoms with Gasteiger partial charge in [0, 0.05) is 37.6 Å². The van der Waals surface area contributed by atoms with Crippen LogP contribution < -0.4 is 10.2 Å². The number of anilines is 2. The number of hydrogen-bond acceptors (Lipinski definition) is 3. The van der Waals surface area contributed by atoms with E-state index in [0.29, 0.717) is 0 Å². The first-order chi connectivity index (χ1) is 9.33. The Bertz CT molecular complexity index is 378. The minimum Gasteiger partial charge on any atom is -0.371 e. The zero-order valence-electron chi connectivity index (χ0n) is 12.4. The van der Waals surface area contributed by atoms with Gasteiger partial charge in [-0.25, -0.2) is 4.98 Å². The Morgan fingerprint density at radius 2 is 2.21 bits per heavy atom. The van der Waals surface area contributed by atoms with Gasteiger partial charge in [0.15, 0.2) is 0 Å². The largest absolute Gasteiger partial charge is 0.371 e. The molecule has 0 aliphatic carbocycles. The summed E-state index contributed by atoms with van der Waals surface area (Å²) in [6.07, 6.45) is 8.42. The van der Waals surface area contributed by atoms with E-state index in [4.69, 9.17) is 0 Å². The van der Waals surface area contributed by atoms with Crippen LogP contribution in [0.2, 0.25) is 0 Å². The second-order valence-corrected chi connectivity index (χ2v) is 5.52. The average molecular weight is 261 g/mol. The van der Waals surface area contributed by atoms with Crippen molar-refractivity contribution in [1.29, 1.82) is 0 Å². The molecule has 1 saturated heterocycles.